The van der Waals surface area contributed by atoms with Crippen molar-refractivity contribution in [3.8, 4) is 0 Å². The first-order valence-electron chi connectivity index (χ1n) is 8.40. The van der Waals surface area contributed by atoms with Gasteiger partial charge in [-0.2, -0.15) is 0 Å². The minimum absolute atomic E-state index is 0.234. The van der Waals surface area contributed by atoms with E-state index in [1.807, 2.05) is 80.5 Å². The largest absolute Gasteiger partial charge is 0.378 e. The third-order valence-electron chi connectivity index (χ3n) is 3.94. The number of aromatic nitrogens is 1. The van der Waals surface area contributed by atoms with Gasteiger partial charge in [-0.15, -0.1) is 0 Å². The van der Waals surface area contributed by atoms with Crippen molar-refractivity contribution >= 4 is 28.7 Å². The van der Waals surface area contributed by atoms with Crippen LogP contribution in [0.25, 0.3) is 0 Å². The number of hydrogen-bond donors (Lipinski definition) is 2. The van der Waals surface area contributed by atoms with Crippen molar-refractivity contribution in [2.75, 3.05) is 29.6 Å². The van der Waals surface area contributed by atoms with Crippen molar-refractivity contribution in [3.63, 3.8) is 0 Å². The summed E-state index contributed by atoms with van der Waals surface area (Å²) < 4.78 is 0. The molecule has 1 aromatic heterocycles. The smallest absolute Gasteiger partial charge is 0.274 e. The number of carbonyl (C=O) groups excluding carboxylic acids is 1. The molecule has 0 saturated heterocycles. The summed E-state index contributed by atoms with van der Waals surface area (Å²) in [5.41, 5.74) is 5.10. The number of hydrogen-bond acceptors (Lipinski definition) is 4. The van der Waals surface area contributed by atoms with Crippen molar-refractivity contribution in [2.24, 2.45) is 0 Å². The molecule has 1 heterocycles. The first-order valence-corrected chi connectivity index (χ1v) is 8.40. The normalized spacial score (nSPS) is 10.3. The first kappa shape index (κ1) is 17.5. The molecule has 0 unspecified atom stereocenters. The maximum absolute atomic E-state index is 12.4. The second-order valence-corrected chi connectivity index (χ2v) is 6.32. The molecule has 0 atom stereocenters. The summed E-state index contributed by atoms with van der Waals surface area (Å²) in [5, 5.41) is 6.18. The van der Waals surface area contributed by atoms with E-state index in [2.05, 4.69) is 15.6 Å². The molecule has 3 rings (SSSR count). The van der Waals surface area contributed by atoms with Crippen LogP contribution in [0.4, 0.5) is 22.7 Å². The SMILES string of the molecule is Cc1cccc(NC(=O)c2cc(Nc3ccc(N(C)C)cc3)ccn2)c1. The Bertz CT molecular complexity index is 904. The van der Waals surface area contributed by atoms with Crippen LogP contribution in [0.5, 0.6) is 0 Å². The van der Waals surface area contributed by atoms with Crippen molar-refractivity contribution < 1.29 is 4.79 Å². The van der Waals surface area contributed by atoms with Gasteiger partial charge >= 0.3 is 0 Å². The number of nitrogens with one attached hydrogen (secondary N) is 2. The van der Waals surface area contributed by atoms with Crippen molar-refractivity contribution in [3.05, 3.63) is 78.1 Å². The molecule has 0 radical (unpaired) electrons. The highest BCUT2D eigenvalue weighted by Crippen LogP contribution is 2.20. The highest BCUT2D eigenvalue weighted by molar-refractivity contribution is 6.03. The van der Waals surface area contributed by atoms with Gasteiger partial charge in [-0.1, -0.05) is 12.1 Å². The third-order valence-corrected chi connectivity index (χ3v) is 3.94. The molecule has 0 aliphatic carbocycles. The number of carbonyl (C=O) groups is 1. The molecular formula is C21H22N4O. The number of pyridine rings is 1. The van der Waals surface area contributed by atoms with Crippen molar-refractivity contribution in [1.29, 1.82) is 0 Å². The first-order chi connectivity index (χ1) is 12.5. The van der Waals surface area contributed by atoms with Crippen LogP contribution in [-0.2, 0) is 0 Å². The summed E-state index contributed by atoms with van der Waals surface area (Å²) in [6.07, 6.45) is 1.63. The van der Waals surface area contributed by atoms with Crippen LogP contribution in [0.2, 0.25) is 0 Å². The average molecular weight is 346 g/mol. The predicted octanol–water partition coefficient (Wildman–Crippen LogP) is 4.45. The highest BCUT2D eigenvalue weighted by Gasteiger charge is 2.09. The Labute approximate surface area is 153 Å². The minimum Gasteiger partial charge on any atom is -0.378 e. The number of anilines is 4. The molecule has 3 aromatic rings. The van der Waals surface area contributed by atoms with Crippen LogP contribution in [0.15, 0.2) is 66.9 Å². The Balaban J connectivity index is 1.72. The Morgan fingerprint density at radius 3 is 2.38 bits per heavy atom. The topological polar surface area (TPSA) is 57.3 Å². The van der Waals surface area contributed by atoms with E-state index in [1.54, 1.807) is 12.3 Å². The number of amides is 1. The van der Waals surface area contributed by atoms with Crippen LogP contribution in [0.3, 0.4) is 0 Å². The van der Waals surface area contributed by atoms with E-state index in [0.29, 0.717) is 5.69 Å². The second-order valence-electron chi connectivity index (χ2n) is 6.32. The summed E-state index contributed by atoms with van der Waals surface area (Å²) >= 11 is 0. The maximum Gasteiger partial charge on any atom is 0.274 e. The fraction of sp³-hybridized carbons (Fsp3) is 0.143. The molecule has 2 aromatic carbocycles. The van der Waals surface area contributed by atoms with E-state index in [-0.39, 0.29) is 5.91 Å². The van der Waals surface area contributed by atoms with Gasteiger partial charge in [0.05, 0.1) is 0 Å². The minimum atomic E-state index is -0.234. The molecule has 2 N–H and O–H groups in total. The van der Waals surface area contributed by atoms with Gasteiger partial charge in [0.15, 0.2) is 0 Å². The molecule has 0 aliphatic rings. The number of benzene rings is 2. The lowest BCUT2D eigenvalue weighted by Gasteiger charge is -2.13. The highest BCUT2D eigenvalue weighted by atomic mass is 16.1. The quantitative estimate of drug-likeness (QED) is 0.716. The van der Waals surface area contributed by atoms with E-state index in [0.717, 1.165) is 28.3 Å². The fourth-order valence-corrected chi connectivity index (χ4v) is 2.56. The van der Waals surface area contributed by atoms with E-state index in [9.17, 15) is 4.79 Å². The molecule has 0 spiro atoms. The molecule has 0 fully saturated rings. The van der Waals surface area contributed by atoms with E-state index in [4.69, 9.17) is 0 Å². The van der Waals surface area contributed by atoms with Gasteiger partial charge in [0.25, 0.3) is 5.91 Å². The van der Waals surface area contributed by atoms with Gasteiger partial charge in [0.1, 0.15) is 5.69 Å². The zero-order valence-corrected chi connectivity index (χ0v) is 15.2. The summed E-state index contributed by atoms with van der Waals surface area (Å²) in [4.78, 5) is 18.7. The fourth-order valence-electron chi connectivity index (χ4n) is 2.56. The standard InChI is InChI=1S/C21H22N4O/c1-15-5-4-6-17(13-15)24-21(26)20-14-18(11-12-22-20)23-16-7-9-19(10-8-16)25(2)3/h4-14H,1-3H3,(H,22,23)(H,24,26). The monoisotopic (exact) mass is 346 g/mol. The Kier molecular flexibility index (Phi) is 5.17. The Morgan fingerprint density at radius 1 is 0.923 bits per heavy atom. The lowest BCUT2D eigenvalue weighted by atomic mass is 10.2. The van der Waals surface area contributed by atoms with Gasteiger partial charge in [0, 0.05) is 43.0 Å². The molecular weight excluding hydrogens is 324 g/mol. The van der Waals surface area contributed by atoms with E-state index in [1.165, 1.54) is 0 Å². The summed E-state index contributed by atoms with van der Waals surface area (Å²) in [6.45, 7) is 1.99. The Hall–Kier alpha value is -3.34. The average Bonchev–Trinajstić information content (AvgIpc) is 2.62. The number of rotatable bonds is 5. The van der Waals surface area contributed by atoms with E-state index >= 15 is 0 Å². The lowest BCUT2D eigenvalue weighted by molar-refractivity contribution is 0.102. The summed E-state index contributed by atoms with van der Waals surface area (Å²) in [7, 11) is 4.01. The Morgan fingerprint density at radius 2 is 1.69 bits per heavy atom. The van der Waals surface area contributed by atoms with Gasteiger partial charge < -0.3 is 15.5 Å². The second kappa shape index (κ2) is 7.70. The lowest BCUT2D eigenvalue weighted by Crippen LogP contribution is -2.13. The summed E-state index contributed by atoms with van der Waals surface area (Å²) in [6, 6.07) is 19.3. The van der Waals surface area contributed by atoms with Gasteiger partial charge in [-0.05, 0) is 61.0 Å². The molecule has 26 heavy (non-hydrogen) atoms. The van der Waals surface area contributed by atoms with Crippen LogP contribution in [-0.4, -0.2) is 25.0 Å². The number of nitrogens with zero attached hydrogens (tertiary/aromatic N) is 2. The van der Waals surface area contributed by atoms with Crippen LogP contribution in [0, 0.1) is 6.92 Å². The molecule has 5 nitrogen and oxygen atoms in total. The predicted molar refractivity (Wildman–Crippen MR) is 107 cm³/mol. The van der Waals surface area contributed by atoms with Crippen LogP contribution >= 0.6 is 0 Å². The molecule has 0 bridgehead atoms. The molecule has 132 valence electrons. The zero-order chi connectivity index (χ0) is 18.5. The van der Waals surface area contributed by atoms with Gasteiger partial charge in [-0.3, -0.25) is 9.78 Å². The third kappa shape index (κ3) is 4.39. The van der Waals surface area contributed by atoms with Crippen molar-refractivity contribution in [2.45, 2.75) is 6.92 Å². The molecule has 1 amide bonds. The summed E-state index contributed by atoms with van der Waals surface area (Å²) in [5.74, 6) is -0.234. The van der Waals surface area contributed by atoms with Crippen LogP contribution in [0.1, 0.15) is 16.1 Å². The van der Waals surface area contributed by atoms with E-state index < -0.39 is 0 Å². The maximum atomic E-state index is 12.4. The van der Waals surface area contributed by atoms with Crippen molar-refractivity contribution in [1.82, 2.24) is 4.98 Å². The van der Waals surface area contributed by atoms with Gasteiger partial charge in [-0.25, -0.2) is 0 Å². The zero-order valence-electron chi connectivity index (χ0n) is 15.2. The molecule has 0 aliphatic heterocycles. The molecule has 5 heteroatoms. The molecule has 0 saturated carbocycles. The number of aryl methyl sites for hydroxylation is 1. The van der Waals surface area contributed by atoms with Gasteiger partial charge in [0.2, 0.25) is 0 Å². The van der Waals surface area contributed by atoms with Crippen LogP contribution < -0.4 is 15.5 Å².